The molecule has 5 nitrogen and oxygen atoms in total. The Morgan fingerprint density at radius 1 is 1.38 bits per heavy atom. The van der Waals surface area contributed by atoms with Crippen LogP contribution in [-0.4, -0.2) is 21.5 Å². The number of hydrogen-bond acceptors (Lipinski definition) is 4. The van der Waals surface area contributed by atoms with Crippen molar-refractivity contribution in [3.8, 4) is 0 Å². The monoisotopic (exact) mass is 241 g/mol. The number of fused-ring (bicyclic) bond motifs is 1. The third-order valence-corrected chi connectivity index (χ3v) is 4.26. The van der Waals surface area contributed by atoms with Gasteiger partial charge in [-0.2, -0.15) is 4.72 Å². The van der Waals surface area contributed by atoms with Crippen LogP contribution in [0.5, 0.6) is 0 Å². The van der Waals surface area contributed by atoms with Crippen molar-refractivity contribution >= 4 is 16.0 Å². The van der Waals surface area contributed by atoms with Crippen LogP contribution in [0.1, 0.15) is 12.5 Å². The Bertz CT molecular complexity index is 552. The third-order valence-electron chi connectivity index (χ3n) is 2.65. The second-order valence-corrected chi connectivity index (χ2v) is 5.37. The Kier molecular flexibility index (Phi) is 2.28. The first-order valence-corrected chi connectivity index (χ1v) is 6.12. The highest BCUT2D eigenvalue weighted by Gasteiger charge is 2.49. The van der Waals surface area contributed by atoms with Crippen molar-refractivity contribution in [2.75, 3.05) is 7.11 Å². The lowest BCUT2D eigenvalue weighted by Crippen LogP contribution is -2.44. The average Bonchev–Trinajstić information content (AvgIpc) is 2.47. The van der Waals surface area contributed by atoms with Crippen LogP contribution in [0.15, 0.2) is 29.2 Å². The highest BCUT2D eigenvalue weighted by Crippen LogP contribution is 2.35. The van der Waals surface area contributed by atoms with Crippen molar-refractivity contribution in [3.05, 3.63) is 29.8 Å². The normalized spacial score (nSPS) is 26.1. The highest BCUT2D eigenvalue weighted by molar-refractivity contribution is 7.90. The van der Waals surface area contributed by atoms with Gasteiger partial charge < -0.3 is 4.74 Å². The molecule has 1 heterocycles. The number of carbonyl (C=O) groups excluding carboxylic acids is 1. The number of esters is 1. The van der Waals surface area contributed by atoms with E-state index in [1.165, 1.54) is 20.1 Å². The Morgan fingerprint density at radius 2 is 2.00 bits per heavy atom. The van der Waals surface area contributed by atoms with E-state index in [9.17, 15) is 13.2 Å². The molecule has 1 aromatic rings. The number of methoxy groups -OCH3 is 1. The zero-order chi connectivity index (χ0) is 12.0. The molecule has 1 atom stereocenters. The van der Waals surface area contributed by atoms with Crippen LogP contribution in [0, 0.1) is 0 Å². The van der Waals surface area contributed by atoms with Crippen LogP contribution in [0.3, 0.4) is 0 Å². The summed E-state index contributed by atoms with van der Waals surface area (Å²) in [6.07, 6.45) is 0. The summed E-state index contributed by atoms with van der Waals surface area (Å²) in [7, 11) is -2.39. The van der Waals surface area contributed by atoms with Gasteiger partial charge in [0.2, 0.25) is 10.0 Å². The fourth-order valence-electron chi connectivity index (χ4n) is 1.85. The molecule has 1 aliphatic heterocycles. The van der Waals surface area contributed by atoms with Crippen molar-refractivity contribution in [2.45, 2.75) is 17.4 Å². The minimum absolute atomic E-state index is 0.128. The summed E-state index contributed by atoms with van der Waals surface area (Å²) in [5.41, 5.74) is -0.911. The Labute approximate surface area is 93.5 Å². The molecule has 0 aromatic heterocycles. The van der Waals surface area contributed by atoms with Crippen molar-refractivity contribution < 1.29 is 17.9 Å². The maximum atomic E-state index is 11.8. The van der Waals surface area contributed by atoms with Crippen LogP contribution < -0.4 is 4.72 Å². The standard InChI is InChI=1S/C10H11NO4S/c1-10(9(12)15-2)7-5-3-4-6-8(7)16(13,14)11-10/h3-6,11H,1-2H3/t10-/m1/s1. The number of benzene rings is 1. The number of ether oxygens (including phenoxy) is 1. The predicted molar refractivity (Wildman–Crippen MR) is 56.1 cm³/mol. The molecule has 86 valence electrons. The molecule has 0 saturated heterocycles. The molecule has 6 heteroatoms. The Hall–Kier alpha value is -1.40. The van der Waals surface area contributed by atoms with Gasteiger partial charge in [-0.1, -0.05) is 18.2 Å². The minimum atomic E-state index is -3.62. The lowest BCUT2D eigenvalue weighted by molar-refractivity contribution is -0.147. The van der Waals surface area contributed by atoms with Gasteiger partial charge in [-0.25, -0.2) is 13.2 Å². The minimum Gasteiger partial charge on any atom is -0.467 e. The van der Waals surface area contributed by atoms with Crippen LogP contribution in [0.4, 0.5) is 0 Å². The van der Waals surface area contributed by atoms with E-state index in [0.717, 1.165) is 0 Å². The second-order valence-electron chi connectivity index (χ2n) is 3.72. The van der Waals surface area contributed by atoms with Gasteiger partial charge in [-0.3, -0.25) is 0 Å². The number of hydrogen-bond donors (Lipinski definition) is 1. The average molecular weight is 241 g/mol. The fourth-order valence-corrected chi connectivity index (χ4v) is 3.51. The largest absolute Gasteiger partial charge is 0.467 e. The maximum absolute atomic E-state index is 11.8. The zero-order valence-corrected chi connectivity index (χ0v) is 9.67. The summed E-state index contributed by atoms with van der Waals surface area (Å²) in [5, 5.41) is 0. The first kappa shape index (κ1) is 11.1. The molecule has 0 fully saturated rings. The zero-order valence-electron chi connectivity index (χ0n) is 8.85. The lowest BCUT2D eigenvalue weighted by atomic mass is 9.93. The summed E-state index contributed by atoms with van der Waals surface area (Å²) in [5.74, 6) is -0.624. The fraction of sp³-hybridized carbons (Fsp3) is 0.300. The molecule has 2 rings (SSSR count). The molecule has 0 amide bonds. The Balaban J connectivity index is 2.70. The topological polar surface area (TPSA) is 72.5 Å². The first-order valence-electron chi connectivity index (χ1n) is 4.64. The van der Waals surface area contributed by atoms with E-state index in [2.05, 4.69) is 9.46 Å². The summed E-state index contributed by atoms with van der Waals surface area (Å²) in [6.45, 7) is 1.49. The molecule has 0 unspecified atom stereocenters. The van der Waals surface area contributed by atoms with Gasteiger partial charge in [0, 0.05) is 5.56 Å². The van der Waals surface area contributed by atoms with Crippen molar-refractivity contribution in [1.82, 2.24) is 4.72 Å². The van der Waals surface area contributed by atoms with Crippen LogP contribution in [0.2, 0.25) is 0 Å². The van der Waals surface area contributed by atoms with Gasteiger partial charge >= 0.3 is 5.97 Å². The molecular formula is C10H11NO4S. The van der Waals surface area contributed by atoms with Gasteiger partial charge in [0.1, 0.15) is 0 Å². The Morgan fingerprint density at radius 3 is 2.62 bits per heavy atom. The van der Waals surface area contributed by atoms with Gasteiger partial charge in [-0.15, -0.1) is 0 Å². The molecule has 0 aliphatic carbocycles. The molecule has 1 aliphatic rings. The van der Waals surface area contributed by atoms with E-state index in [-0.39, 0.29) is 4.90 Å². The molecular weight excluding hydrogens is 230 g/mol. The SMILES string of the molecule is COC(=O)[C@]1(C)NS(=O)(=O)c2ccccc21. The van der Waals surface area contributed by atoms with Gasteiger partial charge in [0.15, 0.2) is 5.54 Å². The number of nitrogens with one attached hydrogen (secondary N) is 1. The summed E-state index contributed by atoms with van der Waals surface area (Å²) < 4.78 is 30.5. The number of carbonyl (C=O) groups is 1. The van der Waals surface area contributed by atoms with Gasteiger partial charge in [0.25, 0.3) is 0 Å². The smallest absolute Gasteiger partial charge is 0.331 e. The lowest BCUT2D eigenvalue weighted by Gasteiger charge is -2.20. The van der Waals surface area contributed by atoms with Gasteiger partial charge in [0.05, 0.1) is 12.0 Å². The highest BCUT2D eigenvalue weighted by atomic mass is 32.2. The van der Waals surface area contributed by atoms with E-state index >= 15 is 0 Å². The number of sulfonamides is 1. The summed E-state index contributed by atoms with van der Waals surface area (Å²) in [6, 6.07) is 6.36. The molecule has 1 aromatic carbocycles. The molecule has 1 N–H and O–H groups in total. The quantitative estimate of drug-likeness (QED) is 0.721. The second kappa shape index (κ2) is 3.29. The number of rotatable bonds is 1. The predicted octanol–water partition coefficient (Wildman–Crippen LogP) is 0.367. The summed E-state index contributed by atoms with van der Waals surface area (Å²) >= 11 is 0. The van der Waals surface area contributed by atoms with Crippen molar-refractivity contribution in [2.24, 2.45) is 0 Å². The van der Waals surface area contributed by atoms with Crippen molar-refractivity contribution in [3.63, 3.8) is 0 Å². The van der Waals surface area contributed by atoms with E-state index in [0.29, 0.717) is 5.56 Å². The maximum Gasteiger partial charge on any atom is 0.331 e. The van der Waals surface area contributed by atoms with E-state index in [4.69, 9.17) is 0 Å². The summed E-state index contributed by atoms with van der Waals surface area (Å²) in [4.78, 5) is 11.8. The van der Waals surface area contributed by atoms with E-state index < -0.39 is 21.5 Å². The first-order chi connectivity index (χ1) is 7.42. The van der Waals surface area contributed by atoms with Gasteiger partial charge in [-0.05, 0) is 13.0 Å². The van der Waals surface area contributed by atoms with Crippen LogP contribution in [-0.2, 0) is 25.1 Å². The van der Waals surface area contributed by atoms with E-state index in [1.807, 2.05) is 0 Å². The molecule has 0 bridgehead atoms. The van der Waals surface area contributed by atoms with Crippen molar-refractivity contribution in [1.29, 1.82) is 0 Å². The van der Waals surface area contributed by atoms with Crippen LogP contribution in [0.25, 0.3) is 0 Å². The van der Waals surface area contributed by atoms with E-state index in [1.54, 1.807) is 18.2 Å². The molecule has 0 spiro atoms. The molecule has 0 saturated carbocycles. The molecule has 16 heavy (non-hydrogen) atoms. The van der Waals surface area contributed by atoms with Crippen LogP contribution >= 0.6 is 0 Å². The molecule has 0 radical (unpaired) electrons. The third kappa shape index (κ3) is 1.34.